The highest BCUT2D eigenvalue weighted by Gasteiger charge is 2.24. The topological polar surface area (TPSA) is 131 Å². The molecule has 2 amide bonds. The summed E-state index contributed by atoms with van der Waals surface area (Å²) in [5.41, 5.74) is 7.84. The largest absolute Gasteiger partial charge is 0.482 e. The number of aromatic nitrogens is 3. The highest BCUT2D eigenvalue weighted by atomic mass is 19.1. The third-order valence-corrected chi connectivity index (χ3v) is 4.56. The van der Waals surface area contributed by atoms with Gasteiger partial charge in [-0.1, -0.05) is 0 Å². The monoisotopic (exact) mass is 393 g/mol. The van der Waals surface area contributed by atoms with Gasteiger partial charge in [-0.3, -0.25) is 10.00 Å². The van der Waals surface area contributed by atoms with E-state index in [-0.39, 0.29) is 23.1 Å². The number of anilines is 3. The van der Waals surface area contributed by atoms with Gasteiger partial charge in [-0.05, 0) is 31.2 Å². The van der Waals surface area contributed by atoms with E-state index in [0.717, 1.165) is 0 Å². The van der Waals surface area contributed by atoms with Crippen LogP contribution in [0.4, 0.5) is 26.5 Å². The van der Waals surface area contributed by atoms with Gasteiger partial charge < -0.3 is 15.8 Å². The number of ether oxygens (including phenoxy) is 1. The summed E-state index contributed by atoms with van der Waals surface area (Å²) in [6, 6.07) is 7.03. The van der Waals surface area contributed by atoms with Crippen molar-refractivity contribution in [2.45, 2.75) is 13.0 Å². The van der Waals surface area contributed by atoms with Gasteiger partial charge >= 0.3 is 6.03 Å². The molecule has 1 aromatic carbocycles. The van der Waals surface area contributed by atoms with Crippen molar-refractivity contribution in [1.82, 2.24) is 14.8 Å². The molecule has 4 rings (SSSR count). The van der Waals surface area contributed by atoms with Crippen molar-refractivity contribution >= 4 is 23.4 Å². The van der Waals surface area contributed by atoms with E-state index in [1.54, 1.807) is 20.0 Å². The predicted molar refractivity (Wildman–Crippen MR) is 104 cm³/mol. The molecular weight excluding hydrogens is 377 g/mol. The lowest BCUT2D eigenvalue weighted by atomic mass is 10.1. The quantitative estimate of drug-likeness (QED) is 0.538. The normalized spacial score (nSPS) is 15.4. The van der Waals surface area contributed by atoms with Gasteiger partial charge in [0, 0.05) is 30.1 Å². The Labute approximate surface area is 164 Å². The third-order valence-electron chi connectivity index (χ3n) is 4.56. The summed E-state index contributed by atoms with van der Waals surface area (Å²) in [6.07, 6.45) is 0.816. The van der Waals surface area contributed by atoms with Gasteiger partial charge in [-0.2, -0.15) is 10.4 Å². The number of hydrogen-bond acceptors (Lipinski definition) is 6. The number of rotatable bonds is 0. The molecular formula is C19H16FN7O2. The average molecular weight is 393 g/mol. The number of aryl methyl sites for hydroxylation is 1. The number of carbonyl (C=O) groups is 1. The number of hydrogen-bond donors (Lipinski definition) is 3. The minimum atomic E-state index is -0.649. The molecule has 0 saturated carbocycles. The van der Waals surface area contributed by atoms with Crippen LogP contribution in [-0.2, 0) is 7.05 Å². The Bertz CT molecular complexity index is 1180. The molecule has 3 aromatic rings. The number of carbonyl (C=O) groups excluding carboxylic acids is 1. The van der Waals surface area contributed by atoms with E-state index in [9.17, 15) is 14.4 Å². The van der Waals surface area contributed by atoms with Gasteiger partial charge in [0.2, 0.25) is 0 Å². The first kappa shape index (κ1) is 18.2. The number of nitrogen functional groups attached to an aromatic ring is 1. The Hall–Kier alpha value is -4.13. The standard InChI is InChI=1S/C19H16FN7O2/c1-9-12-6-11(20)3-4-13(12)24-19(28)25-18-16(14(7-21)27(2)26-18)10-5-15(29-9)17(22)23-8-10/h3-6,8-9H,1-2H3,(H2,22,23)(H2,24,25,26,28). The van der Waals surface area contributed by atoms with E-state index >= 15 is 0 Å². The average Bonchev–Trinajstić information content (AvgIpc) is 2.98. The smallest absolute Gasteiger partial charge is 0.324 e. The minimum Gasteiger partial charge on any atom is -0.482 e. The molecule has 4 N–H and O–H groups in total. The molecule has 10 heteroatoms. The van der Waals surface area contributed by atoms with Crippen LogP contribution in [0.5, 0.6) is 5.75 Å². The van der Waals surface area contributed by atoms with Crippen LogP contribution in [0.25, 0.3) is 11.1 Å². The second-order valence-corrected chi connectivity index (χ2v) is 6.49. The van der Waals surface area contributed by atoms with Gasteiger partial charge in [0.1, 0.15) is 23.7 Å². The molecule has 0 saturated heterocycles. The lowest BCUT2D eigenvalue weighted by Crippen LogP contribution is -2.22. The summed E-state index contributed by atoms with van der Waals surface area (Å²) in [6.45, 7) is 1.70. The van der Waals surface area contributed by atoms with Crippen LogP contribution in [0.3, 0.4) is 0 Å². The Kier molecular flexibility index (Phi) is 4.27. The molecule has 0 fully saturated rings. The molecule has 2 bridgehead atoms. The number of nitrogens with zero attached hydrogens (tertiary/aromatic N) is 4. The van der Waals surface area contributed by atoms with E-state index in [0.29, 0.717) is 22.4 Å². The van der Waals surface area contributed by atoms with Crippen molar-refractivity contribution in [1.29, 1.82) is 5.26 Å². The summed E-state index contributed by atoms with van der Waals surface area (Å²) in [5, 5.41) is 19.1. The van der Waals surface area contributed by atoms with Crippen LogP contribution in [0, 0.1) is 17.1 Å². The molecule has 1 aliphatic rings. The van der Waals surface area contributed by atoms with Gasteiger partial charge in [0.15, 0.2) is 17.4 Å². The summed E-state index contributed by atoms with van der Waals surface area (Å²) in [5.74, 6) is 0.0859. The highest BCUT2D eigenvalue weighted by Crippen LogP contribution is 2.37. The molecule has 2 aromatic heterocycles. The molecule has 9 nitrogen and oxygen atoms in total. The number of urea groups is 1. The van der Waals surface area contributed by atoms with E-state index in [2.05, 4.69) is 26.8 Å². The molecule has 29 heavy (non-hydrogen) atoms. The number of halogens is 1. The van der Waals surface area contributed by atoms with Gasteiger partial charge in [-0.25, -0.2) is 14.2 Å². The first-order chi connectivity index (χ1) is 13.9. The van der Waals surface area contributed by atoms with Crippen LogP contribution in [-0.4, -0.2) is 20.8 Å². The molecule has 3 heterocycles. The number of benzene rings is 1. The minimum absolute atomic E-state index is 0.136. The van der Waals surface area contributed by atoms with Crippen molar-refractivity contribution in [3.05, 3.63) is 47.5 Å². The fraction of sp³-hybridized carbons (Fsp3) is 0.158. The van der Waals surface area contributed by atoms with Crippen molar-refractivity contribution in [3.8, 4) is 22.9 Å². The van der Waals surface area contributed by atoms with Gasteiger partial charge in [0.25, 0.3) is 0 Å². The molecule has 1 atom stereocenters. The van der Waals surface area contributed by atoms with Gasteiger partial charge in [-0.15, -0.1) is 0 Å². The second kappa shape index (κ2) is 6.79. The van der Waals surface area contributed by atoms with Crippen LogP contribution in [0.1, 0.15) is 24.3 Å². The zero-order valence-corrected chi connectivity index (χ0v) is 15.5. The first-order valence-corrected chi connectivity index (χ1v) is 8.64. The van der Waals surface area contributed by atoms with Crippen molar-refractivity contribution in [3.63, 3.8) is 0 Å². The number of nitriles is 1. The predicted octanol–water partition coefficient (Wildman–Crippen LogP) is 3.17. The van der Waals surface area contributed by atoms with Crippen molar-refractivity contribution in [2.24, 2.45) is 7.05 Å². The van der Waals surface area contributed by atoms with E-state index in [1.807, 2.05) is 0 Å². The molecule has 146 valence electrons. The molecule has 1 aliphatic heterocycles. The zero-order chi connectivity index (χ0) is 20.7. The fourth-order valence-electron chi connectivity index (χ4n) is 3.20. The zero-order valence-electron chi connectivity index (χ0n) is 15.5. The fourth-order valence-corrected chi connectivity index (χ4v) is 3.20. The number of nitrogens with one attached hydrogen (secondary N) is 2. The molecule has 0 radical (unpaired) electrons. The van der Waals surface area contributed by atoms with Crippen LogP contribution >= 0.6 is 0 Å². The maximum absolute atomic E-state index is 13.8. The van der Waals surface area contributed by atoms with Crippen LogP contribution in [0.15, 0.2) is 30.5 Å². The number of nitrogens with two attached hydrogens (primary N) is 1. The number of pyridine rings is 1. The van der Waals surface area contributed by atoms with Crippen molar-refractivity contribution in [2.75, 3.05) is 16.4 Å². The van der Waals surface area contributed by atoms with Crippen molar-refractivity contribution < 1.29 is 13.9 Å². The van der Waals surface area contributed by atoms with E-state index in [1.165, 1.54) is 29.1 Å². The SMILES string of the molecule is CC1Oc2cc(cnc2N)-c2c(nn(C)c2C#N)NC(=O)Nc2ccc(F)cc21. The molecule has 1 unspecified atom stereocenters. The van der Waals surface area contributed by atoms with Crippen LogP contribution in [0.2, 0.25) is 0 Å². The van der Waals surface area contributed by atoms with E-state index < -0.39 is 18.0 Å². The molecule has 0 spiro atoms. The first-order valence-electron chi connectivity index (χ1n) is 8.64. The molecule has 0 aliphatic carbocycles. The summed E-state index contributed by atoms with van der Waals surface area (Å²) in [4.78, 5) is 16.7. The number of fused-ring (bicyclic) bond motifs is 5. The number of amides is 2. The highest BCUT2D eigenvalue weighted by molar-refractivity contribution is 6.02. The Morgan fingerprint density at radius 2 is 2.14 bits per heavy atom. The Balaban J connectivity index is 1.94. The van der Waals surface area contributed by atoms with Gasteiger partial charge in [0.05, 0.1) is 5.56 Å². The summed E-state index contributed by atoms with van der Waals surface area (Å²) >= 11 is 0. The summed E-state index contributed by atoms with van der Waals surface area (Å²) < 4.78 is 21.1. The maximum Gasteiger partial charge on any atom is 0.324 e. The summed E-state index contributed by atoms with van der Waals surface area (Å²) in [7, 11) is 1.59. The Morgan fingerprint density at radius 1 is 1.34 bits per heavy atom. The second-order valence-electron chi connectivity index (χ2n) is 6.49. The van der Waals surface area contributed by atoms with Crippen LogP contribution < -0.4 is 21.1 Å². The van der Waals surface area contributed by atoms with E-state index in [4.69, 9.17) is 10.5 Å². The lowest BCUT2D eigenvalue weighted by Gasteiger charge is -2.21. The maximum atomic E-state index is 13.8. The third kappa shape index (κ3) is 3.19. The Morgan fingerprint density at radius 3 is 2.90 bits per heavy atom. The lowest BCUT2D eigenvalue weighted by molar-refractivity contribution is 0.228.